The average molecular weight is 521 g/mol. The van der Waals surface area contributed by atoms with Crippen LogP contribution in [-0.4, -0.2) is 55.3 Å². The molecule has 1 N–H and O–H groups in total. The lowest BCUT2D eigenvalue weighted by atomic mass is 10.1. The highest BCUT2D eigenvalue weighted by Gasteiger charge is 2.30. The molecule has 0 amide bonds. The highest BCUT2D eigenvalue weighted by atomic mass is 127. The fourth-order valence-corrected chi connectivity index (χ4v) is 4.10. The highest BCUT2D eigenvalue weighted by Crippen LogP contribution is 2.20. The summed E-state index contributed by atoms with van der Waals surface area (Å²) in [6.07, 6.45) is 8.84. The van der Waals surface area contributed by atoms with E-state index in [1.165, 1.54) is 74.8 Å². The Kier molecular flexibility index (Phi) is 12.3. The molecule has 1 fully saturated rings. The average Bonchev–Trinajstić information content (AvgIpc) is 3.12. The summed E-state index contributed by atoms with van der Waals surface area (Å²) in [7, 11) is -4.27. The Labute approximate surface area is 184 Å². The van der Waals surface area contributed by atoms with Gasteiger partial charge in [-0.05, 0) is 48.2 Å². The van der Waals surface area contributed by atoms with Crippen LogP contribution in [0.25, 0.3) is 0 Å². The van der Waals surface area contributed by atoms with E-state index in [0.717, 1.165) is 18.5 Å². The number of likely N-dealkylation sites (tertiary alicyclic amines) is 1. The summed E-state index contributed by atoms with van der Waals surface area (Å²) in [5.41, 5.74) is 0.928. The predicted molar refractivity (Wildman–Crippen MR) is 120 cm³/mol. The van der Waals surface area contributed by atoms with Crippen LogP contribution in [0.1, 0.15) is 50.5 Å². The Balaban J connectivity index is 0.000000307. The first kappa shape index (κ1) is 25.4. The van der Waals surface area contributed by atoms with Crippen LogP contribution in [0.3, 0.4) is 0 Å². The van der Waals surface area contributed by atoms with Crippen molar-refractivity contribution in [2.24, 2.45) is 0 Å². The van der Waals surface area contributed by atoms with Crippen molar-refractivity contribution in [3.05, 3.63) is 29.8 Å². The molecule has 1 aliphatic heterocycles. The fraction of sp³-hybridized carbons (Fsp3) is 0.619. The van der Waals surface area contributed by atoms with Gasteiger partial charge in [-0.15, -0.1) is 0 Å². The third-order valence-corrected chi connectivity index (χ3v) is 6.33. The third-order valence-electron chi connectivity index (χ3n) is 5.10. The lowest BCUT2D eigenvalue weighted by Gasteiger charge is -2.32. The lowest BCUT2D eigenvalue weighted by molar-refractivity contribution is -0.910. The minimum absolute atomic E-state index is 0.178. The molecule has 0 spiro atoms. The smallest absolute Gasteiger partial charge is 0.141 e. The largest absolute Gasteiger partial charge is 0.744 e. The molecule has 1 aliphatic rings. The number of unbranched alkanes of at least 4 members (excludes halogenated alkanes) is 4. The van der Waals surface area contributed by atoms with Crippen LogP contribution in [0, 0.1) is 16.8 Å². The molecular formula is C21H32INO4S. The molecule has 1 aromatic rings. The van der Waals surface area contributed by atoms with Crippen LogP contribution in [0.5, 0.6) is 0 Å². The Morgan fingerprint density at radius 2 is 1.64 bits per heavy atom. The number of aliphatic hydroxyl groups is 1. The maximum absolute atomic E-state index is 10.4. The molecule has 0 unspecified atom stereocenters. The number of aryl methyl sites for hydroxylation is 1. The minimum atomic E-state index is -4.27. The van der Waals surface area contributed by atoms with Gasteiger partial charge < -0.3 is 14.1 Å². The molecular weight excluding hydrogens is 489 g/mol. The van der Waals surface area contributed by atoms with Crippen LogP contribution in [-0.2, 0) is 10.1 Å². The van der Waals surface area contributed by atoms with Crippen molar-refractivity contribution in [1.29, 1.82) is 0 Å². The van der Waals surface area contributed by atoms with E-state index in [1.807, 2.05) is 6.92 Å². The number of benzene rings is 1. The summed E-state index contributed by atoms with van der Waals surface area (Å²) in [6, 6.07) is 5.78. The molecule has 0 bridgehead atoms. The first-order valence-electron chi connectivity index (χ1n) is 9.90. The fourth-order valence-electron chi connectivity index (χ4n) is 3.46. The van der Waals surface area contributed by atoms with E-state index in [-0.39, 0.29) is 4.90 Å². The van der Waals surface area contributed by atoms with Crippen molar-refractivity contribution < 1.29 is 22.6 Å². The lowest BCUT2D eigenvalue weighted by Crippen LogP contribution is -2.46. The van der Waals surface area contributed by atoms with E-state index in [4.69, 9.17) is 5.11 Å². The van der Waals surface area contributed by atoms with Gasteiger partial charge >= 0.3 is 0 Å². The molecule has 2 rings (SSSR count). The van der Waals surface area contributed by atoms with Crippen LogP contribution in [0.2, 0.25) is 0 Å². The molecule has 1 saturated heterocycles. The van der Waals surface area contributed by atoms with E-state index in [9.17, 15) is 13.0 Å². The zero-order chi connectivity index (χ0) is 20.9. The Hall–Kier alpha value is -0.660. The van der Waals surface area contributed by atoms with Crippen molar-refractivity contribution in [2.45, 2.75) is 56.8 Å². The van der Waals surface area contributed by atoms with Gasteiger partial charge in [0.2, 0.25) is 0 Å². The van der Waals surface area contributed by atoms with Gasteiger partial charge in [0, 0.05) is 42.0 Å². The van der Waals surface area contributed by atoms with Crippen molar-refractivity contribution in [2.75, 3.05) is 32.8 Å². The zero-order valence-corrected chi connectivity index (χ0v) is 19.7. The van der Waals surface area contributed by atoms with Crippen LogP contribution >= 0.6 is 22.6 Å². The number of nitrogens with zero attached hydrogens (tertiary/aromatic N) is 1. The molecule has 0 aromatic heterocycles. The maximum Gasteiger partial charge on any atom is 0.141 e. The van der Waals surface area contributed by atoms with Crippen molar-refractivity contribution >= 4 is 32.7 Å². The van der Waals surface area contributed by atoms with Crippen LogP contribution in [0.4, 0.5) is 0 Å². The second-order valence-corrected chi connectivity index (χ2v) is 9.33. The van der Waals surface area contributed by atoms with Crippen LogP contribution in [0.15, 0.2) is 29.2 Å². The van der Waals surface area contributed by atoms with E-state index < -0.39 is 10.1 Å². The van der Waals surface area contributed by atoms with Gasteiger partial charge in [-0.2, -0.15) is 0 Å². The zero-order valence-electron chi connectivity index (χ0n) is 16.7. The first-order chi connectivity index (χ1) is 13.3. The number of hydrogen-bond donors (Lipinski definition) is 1. The number of halogens is 1. The van der Waals surface area contributed by atoms with Gasteiger partial charge in [-0.3, -0.25) is 0 Å². The standard InChI is InChI=1S/C14H25INO.C7H8O3S/c15-9-8-13-16(11-5-6-12-16)10-4-2-1-3-7-14-17;1-6-2-4-7(5-3-6)11(8,9)10/h17H,1-7,10-14H2;2-5H,1H3,(H,8,9,10)/q+1;/p-1. The van der Waals surface area contributed by atoms with Crippen molar-refractivity contribution in [1.82, 2.24) is 0 Å². The second-order valence-electron chi connectivity index (χ2n) is 7.41. The van der Waals surface area contributed by atoms with E-state index in [1.54, 1.807) is 12.1 Å². The summed E-state index contributed by atoms with van der Waals surface area (Å²) in [4.78, 5) is -0.178. The van der Waals surface area contributed by atoms with Gasteiger partial charge in [-0.1, -0.05) is 30.5 Å². The molecule has 0 radical (unpaired) electrons. The first-order valence-corrected chi connectivity index (χ1v) is 12.4. The van der Waals surface area contributed by atoms with Crippen molar-refractivity contribution in [3.63, 3.8) is 0 Å². The van der Waals surface area contributed by atoms with Gasteiger partial charge in [0.25, 0.3) is 0 Å². The van der Waals surface area contributed by atoms with Gasteiger partial charge in [0.05, 0.1) is 24.5 Å². The van der Waals surface area contributed by atoms with E-state index >= 15 is 0 Å². The normalized spacial score (nSPS) is 15.3. The molecule has 28 heavy (non-hydrogen) atoms. The van der Waals surface area contributed by atoms with Gasteiger partial charge in [-0.25, -0.2) is 8.42 Å². The minimum Gasteiger partial charge on any atom is -0.744 e. The number of quaternary nitrogens is 1. The quantitative estimate of drug-likeness (QED) is 0.176. The summed E-state index contributed by atoms with van der Waals surface area (Å²) >= 11 is 2.15. The maximum atomic E-state index is 10.4. The van der Waals surface area contributed by atoms with Crippen molar-refractivity contribution in [3.8, 4) is 9.85 Å². The summed E-state index contributed by atoms with van der Waals surface area (Å²) in [5.74, 6) is 3.27. The molecule has 158 valence electrons. The van der Waals surface area contributed by atoms with Gasteiger partial charge in [0.15, 0.2) is 0 Å². The number of rotatable bonds is 9. The van der Waals surface area contributed by atoms with E-state index in [0.29, 0.717) is 6.61 Å². The molecule has 7 heteroatoms. The molecule has 0 saturated carbocycles. The molecule has 1 heterocycles. The topological polar surface area (TPSA) is 77.4 Å². The molecule has 1 aromatic carbocycles. The predicted octanol–water partition coefficient (Wildman–Crippen LogP) is 3.83. The second kappa shape index (κ2) is 13.5. The molecule has 5 nitrogen and oxygen atoms in total. The van der Waals surface area contributed by atoms with Gasteiger partial charge in [0.1, 0.15) is 16.7 Å². The number of aliphatic hydroxyl groups excluding tert-OH is 1. The summed E-state index contributed by atoms with van der Waals surface area (Å²) in [5, 5.41) is 8.71. The van der Waals surface area contributed by atoms with E-state index in [2.05, 4.69) is 32.4 Å². The SMILES string of the molecule is Cc1ccc(S(=O)(=O)[O-])cc1.OCCCCCCC[N+]1(CC#CI)CCCC1. The molecule has 0 atom stereocenters. The molecule has 0 aliphatic carbocycles. The third kappa shape index (κ3) is 10.2. The monoisotopic (exact) mass is 521 g/mol. The highest BCUT2D eigenvalue weighted by molar-refractivity contribution is 14.1. The Bertz CT molecular complexity index is 717. The Morgan fingerprint density at radius 1 is 1.07 bits per heavy atom. The number of hydrogen-bond acceptors (Lipinski definition) is 4. The van der Waals surface area contributed by atoms with Crippen LogP contribution < -0.4 is 0 Å². The summed E-state index contributed by atoms with van der Waals surface area (Å²) in [6.45, 7) is 7.21. The Morgan fingerprint density at radius 3 is 2.18 bits per heavy atom. The summed E-state index contributed by atoms with van der Waals surface area (Å²) < 4.78 is 35.4.